The lowest BCUT2D eigenvalue weighted by Crippen LogP contribution is -2.43. The molecule has 0 heterocycles. The average Bonchev–Trinajstić information content (AvgIpc) is 2.47. The van der Waals surface area contributed by atoms with Crippen LogP contribution in [0.15, 0.2) is 29.2 Å². The van der Waals surface area contributed by atoms with E-state index < -0.39 is 9.84 Å². The Morgan fingerprint density at radius 1 is 1.14 bits per heavy atom. The van der Waals surface area contributed by atoms with E-state index in [9.17, 15) is 8.42 Å². The monoisotopic (exact) mass is 311 g/mol. The normalized spacial score (nSPS) is 24.1. The third kappa shape index (κ3) is 3.77. The molecule has 21 heavy (non-hydrogen) atoms. The van der Waals surface area contributed by atoms with Crippen molar-refractivity contribution in [2.45, 2.75) is 54.7 Å². The number of hydrogen-bond acceptors (Lipinski definition) is 4. The number of ether oxygens (including phenoxy) is 1. The Hall–Kier alpha value is -1.07. The molecule has 2 unspecified atom stereocenters. The zero-order valence-electron chi connectivity index (χ0n) is 12.8. The first-order valence-electron chi connectivity index (χ1n) is 7.65. The maximum Gasteiger partial charge on any atom is 0.182 e. The van der Waals surface area contributed by atoms with Gasteiger partial charge >= 0.3 is 0 Å². The lowest BCUT2D eigenvalue weighted by Gasteiger charge is -2.29. The summed E-state index contributed by atoms with van der Waals surface area (Å²) in [5.74, 6) is 0.586. The van der Waals surface area contributed by atoms with Gasteiger partial charge in [0.25, 0.3) is 0 Å². The summed E-state index contributed by atoms with van der Waals surface area (Å²) in [7, 11) is 0.0771. The van der Waals surface area contributed by atoms with Crippen molar-refractivity contribution < 1.29 is 13.2 Å². The zero-order valence-corrected chi connectivity index (χ0v) is 13.7. The minimum atomic E-state index is -3.34. The van der Waals surface area contributed by atoms with Crippen LogP contribution in [-0.2, 0) is 9.84 Å². The number of sulfone groups is 1. The van der Waals surface area contributed by atoms with Crippen LogP contribution in [0.3, 0.4) is 0 Å². The third-order valence-corrected chi connectivity index (χ3v) is 6.61. The van der Waals surface area contributed by atoms with Crippen molar-refractivity contribution in [1.82, 2.24) is 5.32 Å². The van der Waals surface area contributed by atoms with Gasteiger partial charge in [0, 0.05) is 6.04 Å². The molecule has 1 saturated carbocycles. The first-order valence-corrected chi connectivity index (χ1v) is 9.19. The van der Waals surface area contributed by atoms with Gasteiger partial charge in [-0.1, -0.05) is 31.7 Å². The highest BCUT2D eigenvalue weighted by Crippen LogP contribution is 2.29. The molecule has 1 aromatic rings. The summed E-state index contributed by atoms with van der Waals surface area (Å²) in [6, 6.07) is 6.83. The maximum absolute atomic E-state index is 13.0. The molecule has 2 rings (SSSR count). The summed E-state index contributed by atoms with van der Waals surface area (Å²) in [5, 5.41) is 2.86. The van der Waals surface area contributed by atoms with Crippen molar-refractivity contribution >= 4 is 9.84 Å². The molecule has 1 N–H and O–H groups in total. The molecule has 4 nitrogen and oxygen atoms in total. The highest BCUT2D eigenvalue weighted by atomic mass is 32.2. The summed E-state index contributed by atoms with van der Waals surface area (Å²) in [5.41, 5.74) is 0. The van der Waals surface area contributed by atoms with Gasteiger partial charge in [0.15, 0.2) is 9.84 Å². The predicted octanol–water partition coefficient (Wildman–Crippen LogP) is 2.78. The SMILES string of the molecule is CNC1CCCCCCC1S(=O)(=O)c1cccc(OC)c1. The molecule has 5 heteroatoms. The Balaban J connectivity index is 2.33. The second-order valence-corrected chi connectivity index (χ2v) is 7.82. The van der Waals surface area contributed by atoms with E-state index in [0.29, 0.717) is 10.6 Å². The Kier molecular flexibility index (Phi) is 5.65. The topological polar surface area (TPSA) is 55.4 Å². The van der Waals surface area contributed by atoms with E-state index in [4.69, 9.17) is 4.74 Å². The van der Waals surface area contributed by atoms with Crippen molar-refractivity contribution in [3.8, 4) is 5.75 Å². The van der Waals surface area contributed by atoms with Crippen LogP contribution in [0.1, 0.15) is 38.5 Å². The molecule has 0 saturated heterocycles. The fourth-order valence-corrected chi connectivity index (χ4v) is 5.18. The van der Waals surface area contributed by atoms with Crippen LogP contribution in [0.5, 0.6) is 5.75 Å². The van der Waals surface area contributed by atoms with Crippen molar-refractivity contribution in [2.75, 3.05) is 14.2 Å². The molecule has 1 fully saturated rings. The molecule has 0 radical (unpaired) electrons. The molecule has 0 amide bonds. The van der Waals surface area contributed by atoms with Gasteiger partial charge in [0.05, 0.1) is 17.3 Å². The Morgan fingerprint density at radius 2 is 1.86 bits per heavy atom. The van der Waals surface area contributed by atoms with E-state index in [1.165, 1.54) is 6.42 Å². The molecule has 118 valence electrons. The standard InChI is InChI=1S/C16H25NO3S/c1-17-15-10-5-3-4-6-11-16(15)21(18,19)14-9-7-8-13(12-14)20-2/h7-9,12,15-17H,3-6,10-11H2,1-2H3. The Labute approximate surface area is 127 Å². The van der Waals surface area contributed by atoms with Crippen LogP contribution in [0.25, 0.3) is 0 Å². The highest BCUT2D eigenvalue weighted by Gasteiger charge is 2.34. The number of nitrogens with one attached hydrogen (secondary N) is 1. The van der Waals surface area contributed by atoms with Gasteiger partial charge in [-0.2, -0.15) is 0 Å². The third-order valence-electron chi connectivity index (χ3n) is 4.34. The van der Waals surface area contributed by atoms with E-state index in [-0.39, 0.29) is 11.3 Å². The molecule has 0 spiro atoms. The van der Waals surface area contributed by atoms with Gasteiger partial charge in [-0.25, -0.2) is 8.42 Å². The number of benzene rings is 1. The van der Waals surface area contributed by atoms with Crippen molar-refractivity contribution in [3.05, 3.63) is 24.3 Å². The summed E-state index contributed by atoms with van der Waals surface area (Å²) in [6.45, 7) is 0. The Morgan fingerprint density at radius 3 is 2.52 bits per heavy atom. The lowest BCUT2D eigenvalue weighted by molar-refractivity contribution is 0.403. The molecule has 1 aliphatic carbocycles. The number of rotatable bonds is 4. The Bertz CT molecular complexity index is 556. The minimum Gasteiger partial charge on any atom is -0.497 e. The lowest BCUT2D eigenvalue weighted by atomic mass is 9.96. The molecule has 0 bridgehead atoms. The van der Waals surface area contributed by atoms with Crippen molar-refractivity contribution in [3.63, 3.8) is 0 Å². The number of hydrogen-bond donors (Lipinski definition) is 1. The zero-order chi connectivity index (χ0) is 15.3. The van der Waals surface area contributed by atoms with Crippen LogP contribution in [0.2, 0.25) is 0 Å². The van der Waals surface area contributed by atoms with Gasteiger partial charge in [-0.05, 0) is 38.1 Å². The molecular formula is C16H25NO3S. The molecule has 0 aliphatic heterocycles. The predicted molar refractivity (Wildman–Crippen MR) is 84.5 cm³/mol. The van der Waals surface area contributed by atoms with Gasteiger partial charge in [-0.3, -0.25) is 0 Å². The highest BCUT2D eigenvalue weighted by molar-refractivity contribution is 7.92. The van der Waals surface area contributed by atoms with Crippen molar-refractivity contribution in [1.29, 1.82) is 0 Å². The second-order valence-electron chi connectivity index (χ2n) is 5.65. The van der Waals surface area contributed by atoms with E-state index in [0.717, 1.165) is 32.1 Å². The molecule has 1 aromatic carbocycles. The van der Waals surface area contributed by atoms with E-state index in [2.05, 4.69) is 5.32 Å². The molecule has 0 aromatic heterocycles. The smallest absolute Gasteiger partial charge is 0.182 e. The van der Waals surface area contributed by atoms with Crippen LogP contribution >= 0.6 is 0 Å². The fourth-order valence-electron chi connectivity index (χ4n) is 3.10. The quantitative estimate of drug-likeness (QED) is 0.929. The number of methoxy groups -OCH3 is 1. The summed E-state index contributed by atoms with van der Waals surface area (Å²) in [6.07, 6.45) is 6.04. The average molecular weight is 311 g/mol. The van der Waals surface area contributed by atoms with Gasteiger partial charge in [-0.15, -0.1) is 0 Å². The van der Waals surface area contributed by atoms with E-state index in [1.807, 2.05) is 7.05 Å². The van der Waals surface area contributed by atoms with Crippen LogP contribution < -0.4 is 10.1 Å². The van der Waals surface area contributed by atoms with Crippen LogP contribution in [0, 0.1) is 0 Å². The van der Waals surface area contributed by atoms with Gasteiger partial charge in [0.1, 0.15) is 5.75 Å². The van der Waals surface area contributed by atoms with Crippen molar-refractivity contribution in [2.24, 2.45) is 0 Å². The molecule has 2 atom stereocenters. The fraction of sp³-hybridized carbons (Fsp3) is 0.625. The maximum atomic E-state index is 13.0. The van der Waals surface area contributed by atoms with Crippen LogP contribution in [0.4, 0.5) is 0 Å². The van der Waals surface area contributed by atoms with Crippen LogP contribution in [-0.4, -0.2) is 33.9 Å². The largest absolute Gasteiger partial charge is 0.497 e. The first kappa shape index (κ1) is 16.3. The minimum absolute atomic E-state index is 0.0292. The molecular weight excluding hydrogens is 286 g/mol. The van der Waals surface area contributed by atoms with Gasteiger partial charge < -0.3 is 10.1 Å². The summed E-state index contributed by atoms with van der Waals surface area (Å²) in [4.78, 5) is 0.368. The van der Waals surface area contributed by atoms with E-state index >= 15 is 0 Å². The van der Waals surface area contributed by atoms with Gasteiger partial charge in [0.2, 0.25) is 0 Å². The summed E-state index contributed by atoms with van der Waals surface area (Å²) >= 11 is 0. The van der Waals surface area contributed by atoms with E-state index in [1.54, 1.807) is 31.4 Å². The molecule has 1 aliphatic rings. The summed E-state index contributed by atoms with van der Waals surface area (Å²) < 4.78 is 31.1. The second kappa shape index (κ2) is 7.27. The first-order chi connectivity index (χ1) is 10.1.